The number of anilines is 2. The van der Waals surface area contributed by atoms with Crippen molar-refractivity contribution in [3.05, 3.63) is 51.5 Å². The van der Waals surface area contributed by atoms with Crippen LogP contribution >= 0.6 is 34.8 Å². The van der Waals surface area contributed by atoms with Gasteiger partial charge in [0.05, 0.1) is 21.4 Å². The van der Waals surface area contributed by atoms with Crippen LogP contribution in [0.15, 0.2) is 36.4 Å². The summed E-state index contributed by atoms with van der Waals surface area (Å²) in [5, 5.41) is 3.68. The molecular formula is C16H11Cl3N2O3. The Kier molecular flexibility index (Phi) is 4.85. The van der Waals surface area contributed by atoms with Crippen molar-refractivity contribution < 1.29 is 14.3 Å². The third-order valence-electron chi connectivity index (χ3n) is 3.39. The Balaban J connectivity index is 1.82. The molecule has 0 fully saturated rings. The molecule has 0 aliphatic carbocycles. The molecular weight excluding hydrogens is 375 g/mol. The molecule has 3 rings (SSSR count). The maximum Gasteiger partial charge on any atom is 0.265 e. The highest BCUT2D eigenvalue weighted by Crippen LogP contribution is 2.34. The van der Waals surface area contributed by atoms with Crippen molar-refractivity contribution in [2.75, 3.05) is 23.4 Å². The van der Waals surface area contributed by atoms with Crippen molar-refractivity contribution in [2.45, 2.75) is 0 Å². The Labute approximate surface area is 153 Å². The van der Waals surface area contributed by atoms with Crippen LogP contribution in [-0.2, 0) is 9.59 Å². The number of rotatable bonds is 3. The minimum atomic E-state index is -0.439. The van der Waals surface area contributed by atoms with Crippen molar-refractivity contribution in [3.63, 3.8) is 0 Å². The summed E-state index contributed by atoms with van der Waals surface area (Å²) >= 11 is 18.0. The summed E-state index contributed by atoms with van der Waals surface area (Å²) in [7, 11) is 0. The Morgan fingerprint density at radius 2 is 1.88 bits per heavy atom. The van der Waals surface area contributed by atoms with Gasteiger partial charge in [-0.1, -0.05) is 40.9 Å². The van der Waals surface area contributed by atoms with Crippen LogP contribution in [0.25, 0.3) is 0 Å². The molecule has 24 heavy (non-hydrogen) atoms. The summed E-state index contributed by atoms with van der Waals surface area (Å²) in [6.45, 7) is -0.355. The summed E-state index contributed by atoms with van der Waals surface area (Å²) in [6, 6.07) is 9.77. The van der Waals surface area contributed by atoms with E-state index in [2.05, 4.69) is 5.32 Å². The zero-order chi connectivity index (χ0) is 17.3. The van der Waals surface area contributed by atoms with Gasteiger partial charge in [0.15, 0.2) is 6.61 Å². The smallest absolute Gasteiger partial charge is 0.265 e. The highest BCUT2D eigenvalue weighted by atomic mass is 35.5. The van der Waals surface area contributed by atoms with Crippen LogP contribution in [0.1, 0.15) is 0 Å². The molecule has 2 aromatic rings. The molecule has 1 aliphatic heterocycles. The van der Waals surface area contributed by atoms with Crippen LogP contribution in [0.4, 0.5) is 11.4 Å². The van der Waals surface area contributed by atoms with Crippen molar-refractivity contribution in [1.82, 2.24) is 0 Å². The predicted molar refractivity (Wildman–Crippen MR) is 94.4 cm³/mol. The van der Waals surface area contributed by atoms with Gasteiger partial charge in [-0.25, -0.2) is 0 Å². The normalized spacial score (nSPS) is 13.3. The number of para-hydroxylation sites is 1. The molecule has 0 unspecified atom stereocenters. The summed E-state index contributed by atoms with van der Waals surface area (Å²) < 4.78 is 5.34. The summed E-state index contributed by atoms with van der Waals surface area (Å²) in [6.07, 6.45) is 0. The average molecular weight is 386 g/mol. The van der Waals surface area contributed by atoms with Crippen LogP contribution in [0, 0.1) is 0 Å². The maximum absolute atomic E-state index is 12.3. The van der Waals surface area contributed by atoms with Gasteiger partial charge in [0, 0.05) is 5.02 Å². The lowest BCUT2D eigenvalue weighted by atomic mass is 10.2. The molecule has 124 valence electrons. The standard InChI is InChI=1S/C16H11Cl3N2O3/c17-9-4-5-13-12(6-9)21(15(23)8-24-13)7-14(22)20-16-10(18)2-1-3-11(16)19/h1-6H,7-8H2,(H,20,22). The van der Waals surface area contributed by atoms with E-state index in [9.17, 15) is 9.59 Å². The molecule has 2 amide bonds. The molecule has 0 saturated heterocycles. The third kappa shape index (κ3) is 3.43. The van der Waals surface area contributed by atoms with Gasteiger partial charge >= 0.3 is 0 Å². The molecule has 0 bridgehead atoms. The fraction of sp³-hybridized carbons (Fsp3) is 0.125. The topological polar surface area (TPSA) is 58.6 Å². The van der Waals surface area contributed by atoms with E-state index in [0.717, 1.165) is 0 Å². The molecule has 0 spiro atoms. The molecule has 0 atom stereocenters. The van der Waals surface area contributed by atoms with E-state index in [1.165, 1.54) is 4.90 Å². The summed E-state index contributed by atoms with van der Waals surface area (Å²) in [5.41, 5.74) is 0.747. The van der Waals surface area contributed by atoms with Crippen LogP contribution in [0.3, 0.4) is 0 Å². The van der Waals surface area contributed by atoms with Crippen LogP contribution in [-0.4, -0.2) is 25.0 Å². The number of nitrogens with one attached hydrogen (secondary N) is 1. The molecule has 2 aromatic carbocycles. The van der Waals surface area contributed by atoms with Crippen molar-refractivity contribution in [2.24, 2.45) is 0 Å². The minimum absolute atomic E-state index is 0.144. The number of hydrogen-bond donors (Lipinski definition) is 1. The zero-order valence-electron chi connectivity index (χ0n) is 12.2. The van der Waals surface area contributed by atoms with Gasteiger partial charge in [-0.2, -0.15) is 0 Å². The average Bonchev–Trinajstić information content (AvgIpc) is 2.54. The largest absolute Gasteiger partial charge is 0.482 e. The first-order valence-corrected chi connectivity index (χ1v) is 8.05. The van der Waals surface area contributed by atoms with Gasteiger partial charge in [-0.3, -0.25) is 14.5 Å². The fourth-order valence-corrected chi connectivity index (χ4v) is 2.95. The highest BCUT2D eigenvalue weighted by molar-refractivity contribution is 6.39. The van der Waals surface area contributed by atoms with E-state index in [1.807, 2.05) is 0 Å². The Bertz CT molecular complexity index is 806. The van der Waals surface area contributed by atoms with E-state index >= 15 is 0 Å². The molecule has 0 aromatic heterocycles. The van der Waals surface area contributed by atoms with E-state index in [-0.39, 0.29) is 19.1 Å². The van der Waals surface area contributed by atoms with Gasteiger partial charge in [0.1, 0.15) is 12.3 Å². The van der Waals surface area contributed by atoms with Gasteiger partial charge in [0.2, 0.25) is 5.91 Å². The number of ether oxygens (including phenoxy) is 1. The zero-order valence-corrected chi connectivity index (χ0v) is 14.5. The number of halogens is 3. The molecule has 0 radical (unpaired) electrons. The quantitative estimate of drug-likeness (QED) is 0.868. The number of nitrogens with zero attached hydrogens (tertiary/aromatic N) is 1. The predicted octanol–water partition coefficient (Wildman–Crippen LogP) is 4.01. The third-order valence-corrected chi connectivity index (χ3v) is 4.26. The van der Waals surface area contributed by atoms with Crippen molar-refractivity contribution >= 4 is 58.0 Å². The monoisotopic (exact) mass is 384 g/mol. The first-order chi connectivity index (χ1) is 11.5. The lowest BCUT2D eigenvalue weighted by Crippen LogP contribution is -2.43. The number of carbonyl (C=O) groups is 2. The van der Waals surface area contributed by atoms with Crippen LogP contribution in [0.5, 0.6) is 5.75 Å². The second kappa shape index (κ2) is 6.89. The van der Waals surface area contributed by atoms with Gasteiger partial charge < -0.3 is 10.1 Å². The van der Waals surface area contributed by atoms with Crippen molar-refractivity contribution in [1.29, 1.82) is 0 Å². The minimum Gasteiger partial charge on any atom is -0.482 e. The summed E-state index contributed by atoms with van der Waals surface area (Å²) in [4.78, 5) is 25.8. The van der Waals surface area contributed by atoms with Crippen LogP contribution < -0.4 is 15.0 Å². The fourth-order valence-electron chi connectivity index (χ4n) is 2.29. The number of amides is 2. The second-order valence-electron chi connectivity index (χ2n) is 5.03. The lowest BCUT2D eigenvalue weighted by Gasteiger charge is -2.29. The van der Waals surface area contributed by atoms with Crippen molar-refractivity contribution in [3.8, 4) is 5.75 Å². The molecule has 1 aliphatic rings. The van der Waals surface area contributed by atoms with Crippen LogP contribution in [0.2, 0.25) is 15.1 Å². The molecule has 0 saturated carbocycles. The number of carbonyl (C=O) groups excluding carboxylic acids is 2. The SMILES string of the molecule is O=C(CN1C(=O)COc2ccc(Cl)cc21)Nc1c(Cl)cccc1Cl. The molecule has 1 heterocycles. The van der Waals surface area contributed by atoms with Gasteiger partial charge in [-0.15, -0.1) is 0 Å². The number of benzene rings is 2. The first kappa shape index (κ1) is 16.9. The van der Waals surface area contributed by atoms with Gasteiger partial charge in [0.25, 0.3) is 5.91 Å². The number of hydrogen-bond acceptors (Lipinski definition) is 3. The van der Waals surface area contributed by atoms with Gasteiger partial charge in [-0.05, 0) is 30.3 Å². The van der Waals surface area contributed by atoms with E-state index in [4.69, 9.17) is 39.5 Å². The lowest BCUT2D eigenvalue weighted by molar-refractivity contribution is -0.123. The maximum atomic E-state index is 12.3. The van der Waals surface area contributed by atoms with E-state index in [0.29, 0.717) is 32.2 Å². The highest BCUT2D eigenvalue weighted by Gasteiger charge is 2.27. The van der Waals surface area contributed by atoms with E-state index < -0.39 is 5.91 Å². The Morgan fingerprint density at radius 3 is 2.58 bits per heavy atom. The van der Waals surface area contributed by atoms with E-state index in [1.54, 1.807) is 36.4 Å². The number of fused-ring (bicyclic) bond motifs is 1. The summed E-state index contributed by atoms with van der Waals surface area (Å²) in [5.74, 6) is -0.293. The first-order valence-electron chi connectivity index (χ1n) is 6.92. The molecule has 8 heteroatoms. The Hall–Kier alpha value is -1.95. The molecule has 5 nitrogen and oxygen atoms in total. The second-order valence-corrected chi connectivity index (χ2v) is 6.28. The Morgan fingerprint density at radius 1 is 1.17 bits per heavy atom. The molecule has 1 N–H and O–H groups in total.